The first-order valence-corrected chi connectivity index (χ1v) is 9.34. The van der Waals surface area contributed by atoms with Crippen LogP contribution in [0.5, 0.6) is 0 Å². The van der Waals surface area contributed by atoms with Crippen LogP contribution in [0.2, 0.25) is 5.02 Å². The third-order valence-corrected chi connectivity index (χ3v) is 4.63. The molecular weight excluding hydrogens is 386 g/mol. The number of aromatic nitrogens is 2. The van der Waals surface area contributed by atoms with E-state index < -0.39 is 16.9 Å². The van der Waals surface area contributed by atoms with Crippen LogP contribution in [0.15, 0.2) is 30.5 Å². The molecule has 2 aromatic rings. The second kappa shape index (κ2) is 8.83. The largest absolute Gasteiger partial charge is 0.464 e. The number of esters is 1. The summed E-state index contributed by atoms with van der Waals surface area (Å²) < 4.78 is 5.15. The Morgan fingerprint density at radius 2 is 2.14 bits per heavy atom. The van der Waals surface area contributed by atoms with Gasteiger partial charge in [-0.1, -0.05) is 11.6 Å². The SMILES string of the molecule is CCOC(=O)C1CCCCN1c1nc(Nc2ccc(Cl)cc2)ncc1[N+](=O)[O-]. The summed E-state index contributed by atoms with van der Waals surface area (Å²) in [6, 6.07) is 6.30. The van der Waals surface area contributed by atoms with E-state index in [-0.39, 0.29) is 24.1 Å². The highest BCUT2D eigenvalue weighted by Gasteiger charge is 2.35. The predicted molar refractivity (Wildman–Crippen MR) is 105 cm³/mol. The number of nitro groups is 1. The molecule has 0 bridgehead atoms. The lowest BCUT2D eigenvalue weighted by atomic mass is 10.0. The molecule has 2 heterocycles. The van der Waals surface area contributed by atoms with Gasteiger partial charge in [0.05, 0.1) is 11.5 Å². The third kappa shape index (κ3) is 4.48. The third-order valence-electron chi connectivity index (χ3n) is 4.38. The van der Waals surface area contributed by atoms with Gasteiger partial charge in [0.2, 0.25) is 11.8 Å². The molecule has 1 aliphatic heterocycles. The summed E-state index contributed by atoms with van der Waals surface area (Å²) in [7, 11) is 0. The molecule has 0 amide bonds. The van der Waals surface area contributed by atoms with Crippen molar-refractivity contribution >= 4 is 40.7 Å². The van der Waals surface area contributed by atoms with Gasteiger partial charge in [-0.3, -0.25) is 10.1 Å². The Kier molecular flexibility index (Phi) is 6.25. The maximum atomic E-state index is 12.4. The van der Waals surface area contributed by atoms with E-state index in [9.17, 15) is 14.9 Å². The van der Waals surface area contributed by atoms with E-state index >= 15 is 0 Å². The number of carbonyl (C=O) groups excluding carboxylic acids is 1. The summed E-state index contributed by atoms with van der Waals surface area (Å²) in [4.78, 5) is 33.4. The van der Waals surface area contributed by atoms with Gasteiger partial charge in [0.25, 0.3) is 0 Å². The second-order valence-electron chi connectivity index (χ2n) is 6.25. The first kappa shape index (κ1) is 19.8. The normalized spacial score (nSPS) is 16.5. The predicted octanol–water partition coefficient (Wildman–Crippen LogP) is 3.70. The average molecular weight is 406 g/mol. The molecule has 3 rings (SSSR count). The van der Waals surface area contributed by atoms with Crippen molar-refractivity contribution in [2.24, 2.45) is 0 Å². The Morgan fingerprint density at radius 1 is 1.39 bits per heavy atom. The van der Waals surface area contributed by atoms with E-state index in [1.54, 1.807) is 36.1 Å². The van der Waals surface area contributed by atoms with Crippen molar-refractivity contribution in [1.29, 1.82) is 0 Å². The van der Waals surface area contributed by atoms with Gasteiger partial charge in [-0.05, 0) is 50.5 Å². The van der Waals surface area contributed by atoms with E-state index in [2.05, 4.69) is 15.3 Å². The zero-order valence-electron chi connectivity index (χ0n) is 15.3. The fourth-order valence-corrected chi connectivity index (χ4v) is 3.22. The van der Waals surface area contributed by atoms with Gasteiger partial charge in [0.15, 0.2) is 0 Å². The van der Waals surface area contributed by atoms with E-state index in [4.69, 9.17) is 16.3 Å². The lowest BCUT2D eigenvalue weighted by molar-refractivity contribution is -0.384. The van der Waals surface area contributed by atoms with Crippen molar-refractivity contribution in [3.8, 4) is 0 Å². The molecule has 1 unspecified atom stereocenters. The minimum atomic E-state index is -0.606. The smallest absolute Gasteiger partial charge is 0.329 e. The Bertz CT molecular complexity index is 862. The number of halogens is 1. The summed E-state index contributed by atoms with van der Waals surface area (Å²) in [6.45, 7) is 2.45. The van der Waals surface area contributed by atoms with Gasteiger partial charge in [-0.15, -0.1) is 0 Å². The fourth-order valence-electron chi connectivity index (χ4n) is 3.10. The number of ether oxygens (including phenoxy) is 1. The lowest BCUT2D eigenvalue weighted by Gasteiger charge is -2.34. The van der Waals surface area contributed by atoms with Gasteiger partial charge in [-0.2, -0.15) is 4.98 Å². The molecule has 1 aromatic carbocycles. The quantitative estimate of drug-likeness (QED) is 0.440. The Labute approximate surface area is 166 Å². The highest BCUT2D eigenvalue weighted by atomic mass is 35.5. The molecule has 1 N–H and O–H groups in total. The van der Waals surface area contributed by atoms with Crippen LogP contribution >= 0.6 is 11.6 Å². The van der Waals surface area contributed by atoms with Crippen LogP contribution in [-0.2, 0) is 9.53 Å². The topological polar surface area (TPSA) is 110 Å². The van der Waals surface area contributed by atoms with Crippen LogP contribution < -0.4 is 10.2 Å². The number of hydrogen-bond donors (Lipinski definition) is 1. The Hall–Kier alpha value is -2.94. The summed E-state index contributed by atoms with van der Waals surface area (Å²) in [5, 5.41) is 15.1. The van der Waals surface area contributed by atoms with E-state index in [1.807, 2.05) is 0 Å². The van der Waals surface area contributed by atoms with Gasteiger partial charge >= 0.3 is 11.7 Å². The second-order valence-corrected chi connectivity index (χ2v) is 6.68. The van der Waals surface area contributed by atoms with E-state index in [1.165, 1.54) is 0 Å². The molecule has 1 saturated heterocycles. The van der Waals surface area contributed by atoms with Crippen LogP contribution in [0.3, 0.4) is 0 Å². The number of piperidine rings is 1. The summed E-state index contributed by atoms with van der Waals surface area (Å²) in [5.41, 5.74) is 0.433. The molecule has 10 heteroatoms. The average Bonchev–Trinajstić information content (AvgIpc) is 2.69. The zero-order valence-corrected chi connectivity index (χ0v) is 16.1. The number of rotatable bonds is 6. The summed E-state index contributed by atoms with van der Waals surface area (Å²) in [5.74, 6) is -0.104. The highest BCUT2D eigenvalue weighted by molar-refractivity contribution is 6.30. The van der Waals surface area contributed by atoms with Crippen molar-refractivity contribution in [3.63, 3.8) is 0 Å². The van der Waals surface area contributed by atoms with Crippen LogP contribution in [0.1, 0.15) is 26.2 Å². The standard InChI is InChI=1S/C18H20ClN5O4/c1-2-28-17(25)14-5-3-4-10-23(14)16-15(24(26)27)11-20-18(22-16)21-13-8-6-12(19)7-9-13/h6-9,11,14H,2-5,10H2,1H3,(H,20,21,22). The number of nitrogens with zero attached hydrogens (tertiary/aromatic N) is 4. The zero-order chi connectivity index (χ0) is 20.1. The van der Waals surface area contributed by atoms with Crippen LogP contribution in [0, 0.1) is 10.1 Å². The number of benzene rings is 1. The number of hydrogen-bond acceptors (Lipinski definition) is 8. The van der Waals surface area contributed by atoms with E-state index in [0.29, 0.717) is 23.7 Å². The molecule has 9 nitrogen and oxygen atoms in total. The molecule has 1 atom stereocenters. The number of nitrogens with one attached hydrogen (secondary N) is 1. The van der Waals surface area contributed by atoms with E-state index in [0.717, 1.165) is 19.0 Å². The highest BCUT2D eigenvalue weighted by Crippen LogP contribution is 2.32. The van der Waals surface area contributed by atoms with Crippen molar-refractivity contribution in [1.82, 2.24) is 9.97 Å². The van der Waals surface area contributed by atoms with Crippen LogP contribution in [-0.4, -0.2) is 40.1 Å². The molecule has 28 heavy (non-hydrogen) atoms. The van der Waals surface area contributed by atoms with Crippen LogP contribution in [0.25, 0.3) is 0 Å². The molecule has 1 aliphatic rings. The van der Waals surface area contributed by atoms with Gasteiger partial charge < -0.3 is 15.0 Å². The molecule has 0 aliphatic carbocycles. The molecule has 0 spiro atoms. The molecule has 0 radical (unpaired) electrons. The first-order chi connectivity index (χ1) is 13.5. The number of carbonyl (C=O) groups is 1. The fraction of sp³-hybridized carbons (Fsp3) is 0.389. The summed E-state index contributed by atoms with van der Waals surface area (Å²) in [6.07, 6.45) is 3.35. The Balaban J connectivity index is 1.95. The minimum Gasteiger partial charge on any atom is -0.464 e. The Morgan fingerprint density at radius 3 is 2.82 bits per heavy atom. The monoisotopic (exact) mass is 405 g/mol. The van der Waals surface area contributed by atoms with Gasteiger partial charge in [-0.25, -0.2) is 9.78 Å². The van der Waals surface area contributed by atoms with Gasteiger partial charge in [0, 0.05) is 17.3 Å². The van der Waals surface area contributed by atoms with Gasteiger partial charge in [0.1, 0.15) is 12.2 Å². The number of anilines is 3. The maximum absolute atomic E-state index is 12.4. The molecule has 1 fully saturated rings. The summed E-state index contributed by atoms with van der Waals surface area (Å²) >= 11 is 5.88. The van der Waals surface area contributed by atoms with Crippen LogP contribution in [0.4, 0.5) is 23.1 Å². The first-order valence-electron chi connectivity index (χ1n) is 8.97. The minimum absolute atomic E-state index is 0.106. The van der Waals surface area contributed by atoms with Crippen molar-refractivity contribution in [2.75, 3.05) is 23.4 Å². The molecule has 0 saturated carbocycles. The lowest BCUT2D eigenvalue weighted by Crippen LogP contribution is -2.46. The van der Waals surface area contributed by atoms with Crippen molar-refractivity contribution < 1.29 is 14.5 Å². The molecule has 148 valence electrons. The molecule has 1 aromatic heterocycles. The maximum Gasteiger partial charge on any atom is 0.329 e. The van der Waals surface area contributed by atoms with Crippen molar-refractivity contribution in [2.45, 2.75) is 32.2 Å². The molecular formula is C18H20ClN5O4. The van der Waals surface area contributed by atoms with Crippen molar-refractivity contribution in [3.05, 3.63) is 45.6 Å².